The SMILES string of the molecule is COC[C@H](C)OC1CCC2NNC(c3cc(N4C[C@@H](C)O[C@@H](C)C4)ncn3)C2C1. The molecule has 2 N–H and O–H groups in total. The van der Waals surface area contributed by atoms with Crippen LogP contribution in [0.4, 0.5) is 5.82 Å². The molecule has 2 saturated heterocycles. The van der Waals surface area contributed by atoms with E-state index in [4.69, 9.17) is 14.2 Å². The van der Waals surface area contributed by atoms with E-state index in [-0.39, 0.29) is 30.5 Å². The number of nitrogens with zero attached hydrogens (tertiary/aromatic N) is 3. The Balaban J connectivity index is 1.45. The maximum atomic E-state index is 6.23. The van der Waals surface area contributed by atoms with E-state index in [9.17, 15) is 0 Å². The van der Waals surface area contributed by atoms with E-state index in [1.807, 2.05) is 0 Å². The average molecular weight is 406 g/mol. The summed E-state index contributed by atoms with van der Waals surface area (Å²) >= 11 is 0. The molecule has 3 fully saturated rings. The zero-order chi connectivity index (χ0) is 20.4. The molecule has 8 heteroatoms. The number of hydrogen-bond donors (Lipinski definition) is 2. The van der Waals surface area contributed by atoms with Crippen molar-refractivity contribution in [3.05, 3.63) is 18.1 Å². The summed E-state index contributed by atoms with van der Waals surface area (Å²) in [5, 5.41) is 0. The van der Waals surface area contributed by atoms with Crippen molar-refractivity contribution in [1.82, 2.24) is 20.8 Å². The van der Waals surface area contributed by atoms with Crippen molar-refractivity contribution in [3.8, 4) is 0 Å². The van der Waals surface area contributed by atoms with Gasteiger partial charge in [-0.25, -0.2) is 15.4 Å². The van der Waals surface area contributed by atoms with Gasteiger partial charge in [0.05, 0.1) is 42.8 Å². The van der Waals surface area contributed by atoms with Gasteiger partial charge in [0.2, 0.25) is 0 Å². The highest BCUT2D eigenvalue weighted by Crippen LogP contribution is 2.39. The summed E-state index contributed by atoms with van der Waals surface area (Å²) in [5.41, 5.74) is 8.04. The van der Waals surface area contributed by atoms with Crippen LogP contribution in [-0.2, 0) is 14.2 Å². The van der Waals surface area contributed by atoms with Gasteiger partial charge in [0, 0.05) is 38.2 Å². The minimum atomic E-state index is 0.123. The lowest BCUT2D eigenvalue weighted by Crippen LogP contribution is -2.46. The van der Waals surface area contributed by atoms with Crippen LogP contribution in [0.3, 0.4) is 0 Å². The van der Waals surface area contributed by atoms with Gasteiger partial charge in [0.1, 0.15) is 12.1 Å². The van der Waals surface area contributed by atoms with Gasteiger partial charge < -0.3 is 19.1 Å². The second kappa shape index (κ2) is 9.22. The van der Waals surface area contributed by atoms with Gasteiger partial charge in [0.15, 0.2) is 0 Å². The van der Waals surface area contributed by atoms with Gasteiger partial charge in [0.25, 0.3) is 0 Å². The number of hydrazine groups is 1. The lowest BCUT2D eigenvalue weighted by Gasteiger charge is -2.36. The Hall–Kier alpha value is -1.32. The third kappa shape index (κ3) is 4.88. The molecule has 0 aromatic carbocycles. The van der Waals surface area contributed by atoms with E-state index in [1.165, 1.54) is 0 Å². The van der Waals surface area contributed by atoms with Crippen molar-refractivity contribution in [3.63, 3.8) is 0 Å². The van der Waals surface area contributed by atoms with Gasteiger partial charge in [-0.05, 0) is 40.0 Å². The van der Waals surface area contributed by atoms with E-state index >= 15 is 0 Å². The highest BCUT2D eigenvalue weighted by Gasteiger charge is 2.42. The Kier molecular flexibility index (Phi) is 6.66. The molecule has 1 aromatic heterocycles. The molecule has 7 atom stereocenters. The average Bonchev–Trinajstić information content (AvgIpc) is 3.11. The number of fused-ring (bicyclic) bond motifs is 1. The van der Waals surface area contributed by atoms with Crippen LogP contribution in [0.1, 0.15) is 51.8 Å². The molecule has 3 heterocycles. The van der Waals surface area contributed by atoms with E-state index in [0.29, 0.717) is 18.6 Å². The third-order valence-corrected chi connectivity index (χ3v) is 6.27. The number of methoxy groups -OCH3 is 1. The fourth-order valence-corrected chi connectivity index (χ4v) is 5.11. The van der Waals surface area contributed by atoms with Crippen LogP contribution in [0, 0.1) is 5.92 Å². The first kappa shape index (κ1) is 20.9. The molecule has 4 unspecified atom stereocenters. The molecule has 0 bridgehead atoms. The molecule has 3 aliphatic rings. The molecule has 2 aliphatic heterocycles. The molecule has 4 rings (SSSR count). The highest BCUT2D eigenvalue weighted by atomic mass is 16.5. The third-order valence-electron chi connectivity index (χ3n) is 6.27. The largest absolute Gasteiger partial charge is 0.382 e. The van der Waals surface area contributed by atoms with Crippen LogP contribution >= 0.6 is 0 Å². The highest BCUT2D eigenvalue weighted by molar-refractivity contribution is 5.41. The van der Waals surface area contributed by atoms with Crippen molar-refractivity contribution in [2.45, 2.75) is 76.5 Å². The van der Waals surface area contributed by atoms with Crippen LogP contribution in [0.2, 0.25) is 0 Å². The first-order valence-electron chi connectivity index (χ1n) is 10.9. The van der Waals surface area contributed by atoms with Gasteiger partial charge in [-0.3, -0.25) is 5.43 Å². The van der Waals surface area contributed by atoms with Crippen molar-refractivity contribution < 1.29 is 14.2 Å². The van der Waals surface area contributed by atoms with Gasteiger partial charge in [-0.2, -0.15) is 0 Å². The summed E-state index contributed by atoms with van der Waals surface area (Å²) in [5.74, 6) is 1.44. The molecule has 29 heavy (non-hydrogen) atoms. The zero-order valence-electron chi connectivity index (χ0n) is 18.0. The molecule has 1 saturated carbocycles. The second-order valence-electron chi connectivity index (χ2n) is 8.84. The monoisotopic (exact) mass is 405 g/mol. The van der Waals surface area contributed by atoms with Crippen LogP contribution in [-0.4, -0.2) is 67.2 Å². The molecular weight excluding hydrogens is 370 g/mol. The van der Waals surface area contributed by atoms with Crippen LogP contribution in [0.5, 0.6) is 0 Å². The van der Waals surface area contributed by atoms with Crippen molar-refractivity contribution in [2.24, 2.45) is 5.92 Å². The summed E-state index contributed by atoms with van der Waals surface area (Å²) in [6.07, 6.45) is 5.71. The number of morpholine rings is 1. The van der Waals surface area contributed by atoms with E-state index < -0.39 is 0 Å². The Labute approximate surface area is 173 Å². The predicted molar refractivity (Wildman–Crippen MR) is 111 cm³/mol. The fourth-order valence-electron chi connectivity index (χ4n) is 5.11. The summed E-state index contributed by atoms with van der Waals surface area (Å²) < 4.78 is 17.3. The van der Waals surface area contributed by atoms with Gasteiger partial charge in [-0.15, -0.1) is 0 Å². The minimum Gasteiger partial charge on any atom is -0.382 e. The molecule has 0 spiro atoms. The topological polar surface area (TPSA) is 80.8 Å². The summed E-state index contributed by atoms with van der Waals surface area (Å²) in [4.78, 5) is 11.5. The summed E-state index contributed by atoms with van der Waals surface area (Å²) in [6.45, 7) is 8.66. The summed E-state index contributed by atoms with van der Waals surface area (Å²) in [7, 11) is 1.72. The number of rotatable bonds is 6. The quantitative estimate of drug-likeness (QED) is 0.742. The zero-order valence-corrected chi connectivity index (χ0v) is 18.0. The molecule has 8 nitrogen and oxygen atoms in total. The van der Waals surface area contributed by atoms with Crippen molar-refractivity contribution >= 4 is 5.82 Å². The van der Waals surface area contributed by atoms with E-state index in [2.05, 4.69) is 52.6 Å². The smallest absolute Gasteiger partial charge is 0.132 e. The number of hydrogen-bond acceptors (Lipinski definition) is 8. The normalized spacial score (nSPS) is 36.1. The molecule has 1 aliphatic carbocycles. The van der Waals surface area contributed by atoms with Gasteiger partial charge in [-0.1, -0.05) is 0 Å². The Morgan fingerprint density at radius 3 is 2.76 bits per heavy atom. The van der Waals surface area contributed by atoms with E-state index in [0.717, 1.165) is 43.9 Å². The lowest BCUT2D eigenvalue weighted by atomic mass is 9.79. The molecule has 1 aromatic rings. The second-order valence-corrected chi connectivity index (χ2v) is 8.84. The van der Waals surface area contributed by atoms with Crippen LogP contribution in [0.15, 0.2) is 12.4 Å². The lowest BCUT2D eigenvalue weighted by molar-refractivity contribution is -0.0623. The Morgan fingerprint density at radius 2 is 2.00 bits per heavy atom. The molecule has 162 valence electrons. The van der Waals surface area contributed by atoms with Gasteiger partial charge >= 0.3 is 0 Å². The fraction of sp³-hybridized carbons (Fsp3) is 0.810. The number of anilines is 1. The minimum absolute atomic E-state index is 0.123. The maximum Gasteiger partial charge on any atom is 0.132 e. The van der Waals surface area contributed by atoms with Crippen LogP contribution in [0.25, 0.3) is 0 Å². The Morgan fingerprint density at radius 1 is 1.21 bits per heavy atom. The number of ether oxygens (including phenoxy) is 3. The first-order valence-corrected chi connectivity index (χ1v) is 10.9. The molecular formula is C21H35N5O3. The van der Waals surface area contributed by atoms with Crippen molar-refractivity contribution in [1.29, 1.82) is 0 Å². The van der Waals surface area contributed by atoms with Crippen molar-refractivity contribution in [2.75, 3.05) is 31.7 Å². The van der Waals surface area contributed by atoms with Crippen LogP contribution < -0.4 is 15.8 Å². The first-order chi connectivity index (χ1) is 14.0. The standard InChI is InChI=1S/C21H35N5O3/c1-13-9-26(10-14(2)28-13)20-8-19(22-12-23-20)21-17-7-16(29-15(3)11-27-4)5-6-18(17)24-25-21/h8,12-18,21,24-25H,5-7,9-11H2,1-4H3/t13-,14+,15-,16?,17?,18?,21?/m0/s1. The summed E-state index contributed by atoms with van der Waals surface area (Å²) in [6, 6.07) is 2.77. The number of aromatic nitrogens is 2. The predicted octanol–water partition coefficient (Wildman–Crippen LogP) is 1.83. The number of nitrogens with one attached hydrogen (secondary N) is 2. The molecule has 0 amide bonds. The molecule has 0 radical (unpaired) electrons. The Bertz CT molecular complexity index is 667. The maximum absolute atomic E-state index is 6.23. The van der Waals surface area contributed by atoms with E-state index in [1.54, 1.807) is 13.4 Å².